The van der Waals surface area contributed by atoms with Gasteiger partial charge in [0.05, 0.1) is 19.1 Å². The zero-order valence-corrected chi connectivity index (χ0v) is 16.6. The highest BCUT2D eigenvalue weighted by molar-refractivity contribution is 6.15. The smallest absolute Gasteiger partial charge is 0.258 e. The van der Waals surface area contributed by atoms with Gasteiger partial charge in [-0.1, -0.05) is 29.8 Å². The van der Waals surface area contributed by atoms with Gasteiger partial charge < -0.3 is 9.15 Å². The van der Waals surface area contributed by atoms with Crippen LogP contribution in [0.3, 0.4) is 0 Å². The van der Waals surface area contributed by atoms with E-state index >= 15 is 0 Å². The standard InChI is InChI=1S/C23H22N2O4/c1-15-10-11-17(16(2)13-15)25-21(26)14-24(18-7-4-5-8-19(18)28-3)23(27)22(25)20-9-6-12-29-20/h4-13,22H,14H2,1-3H3/t22-/m1/s1. The van der Waals surface area contributed by atoms with Crippen LogP contribution in [0.2, 0.25) is 0 Å². The number of amides is 2. The molecule has 148 valence electrons. The lowest BCUT2D eigenvalue weighted by Gasteiger charge is -2.40. The Bertz CT molecular complexity index is 1060. The Balaban J connectivity index is 1.83. The Morgan fingerprint density at radius 1 is 1.00 bits per heavy atom. The second-order valence-corrected chi connectivity index (χ2v) is 7.07. The molecule has 29 heavy (non-hydrogen) atoms. The van der Waals surface area contributed by atoms with Crippen LogP contribution in [0.1, 0.15) is 22.9 Å². The van der Waals surface area contributed by atoms with Crippen LogP contribution in [0.4, 0.5) is 11.4 Å². The van der Waals surface area contributed by atoms with Crippen molar-refractivity contribution >= 4 is 23.2 Å². The molecule has 1 aliphatic rings. The number of nitrogens with zero attached hydrogens (tertiary/aromatic N) is 2. The number of furan rings is 1. The Morgan fingerprint density at radius 2 is 1.79 bits per heavy atom. The molecule has 0 N–H and O–H groups in total. The van der Waals surface area contributed by atoms with Gasteiger partial charge in [0.2, 0.25) is 5.91 Å². The van der Waals surface area contributed by atoms with Gasteiger partial charge in [0.15, 0.2) is 6.04 Å². The minimum absolute atomic E-state index is 0.0796. The summed E-state index contributed by atoms with van der Waals surface area (Å²) in [7, 11) is 1.54. The molecule has 1 fully saturated rings. The first kappa shape index (κ1) is 18.8. The van der Waals surface area contributed by atoms with Gasteiger partial charge in [0, 0.05) is 5.69 Å². The lowest BCUT2D eigenvalue weighted by Crippen LogP contribution is -2.56. The maximum Gasteiger partial charge on any atom is 0.258 e. The third-order valence-corrected chi connectivity index (χ3v) is 5.12. The third-order valence-electron chi connectivity index (χ3n) is 5.12. The highest BCUT2D eigenvalue weighted by Crippen LogP contribution is 2.38. The fraction of sp³-hybridized carbons (Fsp3) is 0.217. The van der Waals surface area contributed by atoms with E-state index in [-0.39, 0.29) is 18.4 Å². The van der Waals surface area contributed by atoms with Crippen molar-refractivity contribution in [3.63, 3.8) is 0 Å². The van der Waals surface area contributed by atoms with E-state index in [1.54, 1.807) is 36.3 Å². The number of ether oxygens (including phenoxy) is 1. The normalized spacial score (nSPS) is 17.0. The van der Waals surface area contributed by atoms with Crippen LogP contribution >= 0.6 is 0 Å². The van der Waals surface area contributed by atoms with Gasteiger partial charge in [0.1, 0.15) is 18.1 Å². The van der Waals surface area contributed by atoms with E-state index in [0.717, 1.165) is 11.1 Å². The molecule has 1 aromatic heterocycles. The number of hydrogen-bond acceptors (Lipinski definition) is 4. The topological polar surface area (TPSA) is 63.0 Å². The lowest BCUT2D eigenvalue weighted by molar-refractivity contribution is -0.129. The fourth-order valence-electron chi connectivity index (χ4n) is 3.79. The Hall–Kier alpha value is -3.54. The van der Waals surface area contributed by atoms with Crippen LogP contribution in [0.25, 0.3) is 0 Å². The molecule has 1 atom stereocenters. The first-order valence-corrected chi connectivity index (χ1v) is 9.38. The van der Waals surface area contributed by atoms with E-state index in [9.17, 15) is 9.59 Å². The van der Waals surface area contributed by atoms with Gasteiger partial charge in [-0.15, -0.1) is 0 Å². The van der Waals surface area contributed by atoms with E-state index in [4.69, 9.17) is 9.15 Å². The maximum atomic E-state index is 13.6. The molecule has 6 nitrogen and oxygen atoms in total. The summed E-state index contributed by atoms with van der Waals surface area (Å²) in [4.78, 5) is 29.9. The predicted molar refractivity (Wildman–Crippen MR) is 110 cm³/mol. The van der Waals surface area contributed by atoms with Crippen molar-refractivity contribution in [2.24, 2.45) is 0 Å². The number of benzene rings is 2. The number of hydrogen-bond donors (Lipinski definition) is 0. The maximum absolute atomic E-state index is 13.6. The Morgan fingerprint density at radius 3 is 2.48 bits per heavy atom. The van der Waals surface area contributed by atoms with Crippen molar-refractivity contribution in [2.75, 3.05) is 23.5 Å². The summed E-state index contributed by atoms with van der Waals surface area (Å²) in [5, 5.41) is 0. The number of methoxy groups -OCH3 is 1. The molecule has 0 spiro atoms. The monoisotopic (exact) mass is 390 g/mol. The molecular formula is C23H22N2O4. The van der Waals surface area contributed by atoms with Crippen molar-refractivity contribution in [3.8, 4) is 5.75 Å². The van der Waals surface area contributed by atoms with E-state index in [2.05, 4.69) is 0 Å². The Kier molecular flexibility index (Phi) is 4.84. The van der Waals surface area contributed by atoms with Crippen LogP contribution in [0.5, 0.6) is 5.75 Å². The van der Waals surface area contributed by atoms with Gasteiger partial charge in [-0.2, -0.15) is 0 Å². The molecule has 0 saturated carbocycles. The number of anilines is 2. The number of aryl methyl sites for hydroxylation is 2. The molecule has 0 aliphatic carbocycles. The molecule has 2 amide bonds. The summed E-state index contributed by atoms with van der Waals surface area (Å²) >= 11 is 0. The zero-order chi connectivity index (χ0) is 20.5. The van der Waals surface area contributed by atoms with E-state index in [1.807, 2.05) is 44.2 Å². The van der Waals surface area contributed by atoms with Gasteiger partial charge in [-0.3, -0.25) is 19.4 Å². The molecule has 0 bridgehead atoms. The van der Waals surface area contributed by atoms with Crippen LogP contribution in [0, 0.1) is 13.8 Å². The van der Waals surface area contributed by atoms with E-state index in [1.165, 1.54) is 11.2 Å². The number of rotatable bonds is 4. The van der Waals surface area contributed by atoms with Crippen LogP contribution < -0.4 is 14.5 Å². The molecule has 0 unspecified atom stereocenters. The lowest BCUT2D eigenvalue weighted by atomic mass is 10.0. The molecular weight excluding hydrogens is 368 g/mol. The molecule has 2 heterocycles. The molecule has 6 heteroatoms. The van der Waals surface area contributed by atoms with Gasteiger partial charge >= 0.3 is 0 Å². The van der Waals surface area contributed by atoms with Gasteiger partial charge in [-0.05, 0) is 49.7 Å². The Labute approximate surface area is 169 Å². The number of piperazine rings is 1. The van der Waals surface area contributed by atoms with Crippen molar-refractivity contribution in [1.82, 2.24) is 0 Å². The second-order valence-electron chi connectivity index (χ2n) is 7.07. The van der Waals surface area contributed by atoms with Crippen molar-refractivity contribution in [2.45, 2.75) is 19.9 Å². The molecule has 4 rings (SSSR count). The van der Waals surface area contributed by atoms with Crippen molar-refractivity contribution in [1.29, 1.82) is 0 Å². The SMILES string of the molecule is COc1ccccc1N1CC(=O)N(c2ccc(C)cc2C)[C@H](c2ccco2)C1=O. The average Bonchev–Trinajstić information content (AvgIpc) is 3.24. The summed E-state index contributed by atoms with van der Waals surface area (Å²) in [6.45, 7) is 3.85. The highest BCUT2D eigenvalue weighted by atomic mass is 16.5. The summed E-state index contributed by atoms with van der Waals surface area (Å²) in [5.74, 6) is 0.516. The van der Waals surface area contributed by atoms with Crippen molar-refractivity contribution in [3.05, 3.63) is 77.7 Å². The molecule has 1 aliphatic heterocycles. The third kappa shape index (κ3) is 3.27. The largest absolute Gasteiger partial charge is 0.495 e. The molecule has 1 saturated heterocycles. The first-order valence-electron chi connectivity index (χ1n) is 9.38. The first-order chi connectivity index (χ1) is 14.0. The number of carbonyl (C=O) groups is 2. The zero-order valence-electron chi connectivity index (χ0n) is 16.6. The molecule has 0 radical (unpaired) electrons. The summed E-state index contributed by atoms with van der Waals surface area (Å²) in [5.41, 5.74) is 3.28. The minimum atomic E-state index is -0.891. The van der Waals surface area contributed by atoms with Crippen molar-refractivity contribution < 1.29 is 18.7 Å². The number of para-hydroxylation sites is 2. The second kappa shape index (κ2) is 7.47. The summed E-state index contributed by atoms with van der Waals surface area (Å²) in [6.07, 6.45) is 1.51. The van der Waals surface area contributed by atoms with Crippen LogP contribution in [-0.2, 0) is 9.59 Å². The van der Waals surface area contributed by atoms with Crippen LogP contribution in [-0.4, -0.2) is 25.5 Å². The van der Waals surface area contributed by atoms with E-state index in [0.29, 0.717) is 22.9 Å². The van der Waals surface area contributed by atoms with Gasteiger partial charge in [0.25, 0.3) is 5.91 Å². The van der Waals surface area contributed by atoms with Gasteiger partial charge in [-0.25, -0.2) is 0 Å². The average molecular weight is 390 g/mol. The minimum Gasteiger partial charge on any atom is -0.495 e. The quantitative estimate of drug-likeness (QED) is 0.675. The highest BCUT2D eigenvalue weighted by Gasteiger charge is 2.44. The fourth-order valence-corrected chi connectivity index (χ4v) is 3.79. The molecule has 2 aromatic carbocycles. The van der Waals surface area contributed by atoms with E-state index < -0.39 is 6.04 Å². The number of carbonyl (C=O) groups excluding carboxylic acids is 2. The predicted octanol–water partition coefficient (Wildman–Crippen LogP) is 4.03. The van der Waals surface area contributed by atoms with Crippen LogP contribution in [0.15, 0.2) is 65.3 Å². The summed E-state index contributed by atoms with van der Waals surface area (Å²) in [6, 6.07) is 15.5. The molecule has 3 aromatic rings. The summed E-state index contributed by atoms with van der Waals surface area (Å²) < 4.78 is 11.0.